The molecule has 2 aliphatic rings. The third kappa shape index (κ3) is 1.32. The van der Waals surface area contributed by atoms with Gasteiger partial charge in [-0.3, -0.25) is 4.79 Å². The van der Waals surface area contributed by atoms with Crippen LogP contribution >= 0.6 is 0 Å². The lowest BCUT2D eigenvalue weighted by Gasteiger charge is -2.19. The Bertz CT molecular complexity index is 366. The van der Waals surface area contributed by atoms with Crippen molar-refractivity contribution < 1.29 is 18.3 Å². The molecule has 2 rings (SSSR count). The van der Waals surface area contributed by atoms with Crippen LogP contribution in [0.15, 0.2) is 0 Å². The van der Waals surface area contributed by atoms with Crippen molar-refractivity contribution in [1.82, 2.24) is 4.31 Å². The zero-order valence-electron chi connectivity index (χ0n) is 7.46. The highest BCUT2D eigenvalue weighted by molar-refractivity contribution is 7.86. The SMILES string of the molecule is NS(=O)(=O)N1C2CCC1C(C(=O)O)C2. The van der Waals surface area contributed by atoms with E-state index in [9.17, 15) is 13.2 Å². The van der Waals surface area contributed by atoms with E-state index in [1.54, 1.807) is 0 Å². The number of nitrogens with zero attached hydrogens (tertiary/aromatic N) is 1. The normalized spacial score (nSPS) is 37.6. The van der Waals surface area contributed by atoms with E-state index < -0.39 is 28.1 Å². The topological polar surface area (TPSA) is 101 Å². The Kier molecular flexibility index (Phi) is 2.06. The van der Waals surface area contributed by atoms with Crippen LogP contribution in [0.1, 0.15) is 19.3 Å². The molecule has 2 aliphatic heterocycles. The molecule has 0 amide bonds. The van der Waals surface area contributed by atoms with E-state index in [0.29, 0.717) is 12.8 Å². The van der Waals surface area contributed by atoms with Gasteiger partial charge in [-0.15, -0.1) is 0 Å². The molecule has 0 aromatic rings. The first-order chi connectivity index (χ1) is 6.41. The minimum atomic E-state index is -3.73. The average Bonchev–Trinajstić information content (AvgIpc) is 2.57. The summed E-state index contributed by atoms with van der Waals surface area (Å²) >= 11 is 0. The smallest absolute Gasteiger partial charge is 0.308 e. The second-order valence-corrected chi connectivity index (χ2v) is 5.31. The zero-order valence-corrected chi connectivity index (χ0v) is 8.27. The third-order valence-electron chi connectivity index (χ3n) is 3.08. The van der Waals surface area contributed by atoms with Crippen LogP contribution in [0.3, 0.4) is 0 Å². The molecule has 3 atom stereocenters. The molecular formula is C7H12N2O4S. The number of hydrogen-bond donors (Lipinski definition) is 2. The number of hydrogen-bond acceptors (Lipinski definition) is 3. The first-order valence-corrected chi connectivity index (χ1v) is 5.95. The number of carbonyl (C=O) groups is 1. The fourth-order valence-electron chi connectivity index (χ4n) is 2.60. The predicted molar refractivity (Wildman–Crippen MR) is 47.5 cm³/mol. The van der Waals surface area contributed by atoms with Gasteiger partial charge in [-0.1, -0.05) is 0 Å². The van der Waals surface area contributed by atoms with Crippen molar-refractivity contribution in [2.24, 2.45) is 11.1 Å². The van der Waals surface area contributed by atoms with Gasteiger partial charge in [0.1, 0.15) is 0 Å². The summed E-state index contributed by atoms with van der Waals surface area (Å²) in [5.41, 5.74) is 0. The van der Waals surface area contributed by atoms with Crippen molar-refractivity contribution in [2.45, 2.75) is 31.3 Å². The van der Waals surface area contributed by atoms with E-state index in [1.165, 1.54) is 4.31 Å². The molecule has 2 heterocycles. The molecule has 6 nitrogen and oxygen atoms in total. The fraction of sp³-hybridized carbons (Fsp3) is 0.857. The maximum atomic E-state index is 11.2. The molecule has 2 bridgehead atoms. The van der Waals surface area contributed by atoms with Crippen LogP contribution in [0, 0.1) is 5.92 Å². The highest BCUT2D eigenvalue weighted by atomic mass is 32.2. The van der Waals surface area contributed by atoms with Crippen LogP contribution in [0.4, 0.5) is 0 Å². The van der Waals surface area contributed by atoms with Gasteiger partial charge in [0, 0.05) is 12.1 Å². The van der Waals surface area contributed by atoms with Gasteiger partial charge in [0.05, 0.1) is 5.92 Å². The van der Waals surface area contributed by atoms with Gasteiger partial charge in [0.2, 0.25) is 0 Å². The summed E-state index contributed by atoms with van der Waals surface area (Å²) in [7, 11) is -3.73. The zero-order chi connectivity index (χ0) is 10.5. The quantitative estimate of drug-likeness (QED) is 0.631. The minimum Gasteiger partial charge on any atom is -0.481 e. The first kappa shape index (κ1) is 9.88. The molecule has 3 unspecified atom stereocenters. The average molecular weight is 220 g/mol. The molecule has 14 heavy (non-hydrogen) atoms. The Morgan fingerprint density at radius 3 is 2.43 bits per heavy atom. The van der Waals surface area contributed by atoms with Crippen LogP contribution in [0.2, 0.25) is 0 Å². The number of carboxylic acid groups (broad SMARTS) is 1. The Labute approximate surface area is 81.9 Å². The van der Waals surface area contributed by atoms with Crippen LogP contribution in [0.25, 0.3) is 0 Å². The highest BCUT2D eigenvalue weighted by Gasteiger charge is 2.53. The molecule has 0 radical (unpaired) electrons. The molecule has 3 N–H and O–H groups in total. The molecule has 0 aromatic carbocycles. The van der Waals surface area contributed by atoms with Crippen LogP contribution < -0.4 is 5.14 Å². The Hall–Kier alpha value is -0.660. The maximum Gasteiger partial charge on any atom is 0.308 e. The maximum absolute atomic E-state index is 11.2. The number of fused-ring (bicyclic) bond motifs is 2. The molecular weight excluding hydrogens is 208 g/mol. The molecule has 0 saturated carbocycles. The Morgan fingerprint density at radius 1 is 1.43 bits per heavy atom. The molecule has 7 heteroatoms. The van der Waals surface area contributed by atoms with Gasteiger partial charge in [-0.05, 0) is 19.3 Å². The van der Waals surface area contributed by atoms with Crippen LogP contribution in [0.5, 0.6) is 0 Å². The van der Waals surface area contributed by atoms with Crippen LogP contribution in [-0.4, -0.2) is 35.9 Å². The van der Waals surface area contributed by atoms with Crippen molar-refractivity contribution in [2.75, 3.05) is 0 Å². The molecule has 2 saturated heterocycles. The number of carboxylic acids is 1. The van der Waals surface area contributed by atoms with Gasteiger partial charge in [-0.25, -0.2) is 5.14 Å². The van der Waals surface area contributed by atoms with E-state index in [2.05, 4.69) is 0 Å². The van der Waals surface area contributed by atoms with Crippen molar-refractivity contribution >= 4 is 16.2 Å². The molecule has 0 spiro atoms. The standard InChI is InChI=1S/C7H12N2O4S/c8-14(12,13)9-4-1-2-6(9)5(3-4)7(10)11/h4-6H,1-3H2,(H,10,11)(H2,8,12,13). The van der Waals surface area contributed by atoms with E-state index in [0.717, 1.165) is 6.42 Å². The van der Waals surface area contributed by atoms with Crippen molar-refractivity contribution in [3.8, 4) is 0 Å². The molecule has 0 aliphatic carbocycles. The lowest BCUT2D eigenvalue weighted by Crippen LogP contribution is -2.41. The summed E-state index contributed by atoms with van der Waals surface area (Å²) in [6, 6.07) is -0.622. The second-order valence-electron chi connectivity index (χ2n) is 3.85. The lowest BCUT2D eigenvalue weighted by atomic mass is 9.89. The number of nitrogens with two attached hydrogens (primary N) is 1. The minimum absolute atomic E-state index is 0.198. The summed E-state index contributed by atoms with van der Waals surface area (Å²) in [5, 5.41) is 13.9. The van der Waals surface area contributed by atoms with E-state index in [4.69, 9.17) is 10.2 Å². The molecule has 0 aromatic heterocycles. The molecule has 80 valence electrons. The summed E-state index contributed by atoms with van der Waals surface area (Å²) < 4.78 is 23.5. The van der Waals surface area contributed by atoms with Crippen molar-refractivity contribution in [3.05, 3.63) is 0 Å². The lowest BCUT2D eigenvalue weighted by molar-refractivity contribution is -0.142. The number of aliphatic carboxylic acids is 1. The fourth-order valence-corrected chi connectivity index (χ4v) is 3.84. The third-order valence-corrected chi connectivity index (χ3v) is 4.24. The Morgan fingerprint density at radius 2 is 2.07 bits per heavy atom. The van der Waals surface area contributed by atoms with Crippen molar-refractivity contribution in [3.63, 3.8) is 0 Å². The van der Waals surface area contributed by atoms with E-state index in [-0.39, 0.29) is 6.04 Å². The monoisotopic (exact) mass is 220 g/mol. The number of rotatable bonds is 2. The molecule has 2 fully saturated rings. The summed E-state index contributed by atoms with van der Waals surface area (Å²) in [5.74, 6) is -1.50. The van der Waals surface area contributed by atoms with Gasteiger partial charge >= 0.3 is 5.97 Å². The summed E-state index contributed by atoms with van der Waals surface area (Å²) in [4.78, 5) is 10.8. The van der Waals surface area contributed by atoms with E-state index in [1.807, 2.05) is 0 Å². The summed E-state index contributed by atoms with van der Waals surface area (Å²) in [6.07, 6.45) is 1.74. The second kappa shape index (κ2) is 2.91. The van der Waals surface area contributed by atoms with Crippen molar-refractivity contribution in [1.29, 1.82) is 0 Å². The van der Waals surface area contributed by atoms with Gasteiger partial charge < -0.3 is 5.11 Å². The summed E-state index contributed by atoms with van der Waals surface area (Å²) in [6.45, 7) is 0. The first-order valence-electron chi connectivity index (χ1n) is 4.45. The predicted octanol–water partition coefficient (Wildman–Crippen LogP) is -0.873. The Balaban J connectivity index is 2.29. The largest absolute Gasteiger partial charge is 0.481 e. The van der Waals surface area contributed by atoms with Gasteiger partial charge in [0.15, 0.2) is 0 Å². The van der Waals surface area contributed by atoms with Crippen LogP contribution in [-0.2, 0) is 15.0 Å². The van der Waals surface area contributed by atoms with Gasteiger partial charge in [0.25, 0.3) is 10.2 Å². The highest BCUT2D eigenvalue weighted by Crippen LogP contribution is 2.42. The van der Waals surface area contributed by atoms with E-state index >= 15 is 0 Å². The van der Waals surface area contributed by atoms with Gasteiger partial charge in [-0.2, -0.15) is 12.7 Å².